The van der Waals surface area contributed by atoms with E-state index in [9.17, 15) is 4.79 Å². The van der Waals surface area contributed by atoms with Gasteiger partial charge >= 0.3 is 0 Å². The Bertz CT molecular complexity index is 762. The molecule has 1 N–H and O–H groups in total. The van der Waals surface area contributed by atoms with Crippen molar-refractivity contribution in [2.75, 3.05) is 29.1 Å². The second kappa shape index (κ2) is 11.0. The molecule has 1 amide bonds. The first-order chi connectivity index (χ1) is 12.6. The average Bonchev–Trinajstić information content (AvgIpc) is 3.08. The third-order valence-electron chi connectivity index (χ3n) is 3.40. The van der Waals surface area contributed by atoms with Crippen LogP contribution in [-0.4, -0.2) is 34.9 Å². The molecule has 138 valence electrons. The first-order valence-electron chi connectivity index (χ1n) is 8.27. The molecule has 0 saturated heterocycles. The molecule has 0 saturated carbocycles. The monoisotopic (exact) mass is 409 g/mol. The number of amides is 1. The molecule has 6 nitrogen and oxygen atoms in total. The van der Waals surface area contributed by atoms with Crippen LogP contribution in [0.5, 0.6) is 0 Å². The normalized spacial score (nSPS) is 10.3. The highest BCUT2D eigenvalue weighted by Gasteiger charge is 2.17. The zero-order chi connectivity index (χ0) is 18.8. The molecule has 26 heavy (non-hydrogen) atoms. The summed E-state index contributed by atoms with van der Waals surface area (Å²) in [6.07, 6.45) is 2.45. The highest BCUT2D eigenvalue weighted by molar-refractivity contribution is 8.01. The van der Waals surface area contributed by atoms with Crippen molar-refractivity contribution in [2.45, 2.75) is 30.5 Å². The molecule has 0 radical (unpaired) electrons. The number of rotatable bonds is 10. The number of nitrogens with one attached hydrogen (secondary N) is 1. The van der Waals surface area contributed by atoms with Crippen molar-refractivity contribution >= 4 is 51.4 Å². The first kappa shape index (κ1) is 20.5. The molecular weight excluding hydrogens is 390 g/mol. The maximum absolute atomic E-state index is 12.6. The number of benzene rings is 1. The van der Waals surface area contributed by atoms with Crippen molar-refractivity contribution in [1.82, 2.24) is 10.2 Å². The number of anilines is 2. The van der Waals surface area contributed by atoms with Gasteiger partial charge in [0, 0.05) is 23.8 Å². The molecule has 2 aromatic rings. The number of hydrogen-bond acceptors (Lipinski definition) is 7. The van der Waals surface area contributed by atoms with Gasteiger partial charge in [-0.3, -0.25) is 4.79 Å². The van der Waals surface area contributed by atoms with Gasteiger partial charge in [0.05, 0.1) is 18.2 Å². The Morgan fingerprint density at radius 3 is 3.04 bits per heavy atom. The van der Waals surface area contributed by atoms with Crippen molar-refractivity contribution in [1.29, 1.82) is 5.26 Å². The van der Waals surface area contributed by atoms with Crippen molar-refractivity contribution in [3.05, 3.63) is 29.3 Å². The summed E-state index contributed by atoms with van der Waals surface area (Å²) in [4.78, 5) is 14.2. The smallest absolute Gasteiger partial charge is 0.237 e. The van der Waals surface area contributed by atoms with Crippen LogP contribution in [0.15, 0.2) is 28.6 Å². The molecule has 0 atom stereocenters. The number of carbonyl (C=O) groups is 1. The summed E-state index contributed by atoms with van der Waals surface area (Å²) in [7, 11) is 0. The second-order valence-corrected chi connectivity index (χ2v) is 8.01. The van der Waals surface area contributed by atoms with Gasteiger partial charge in [0.2, 0.25) is 11.0 Å². The van der Waals surface area contributed by atoms with E-state index in [-0.39, 0.29) is 18.1 Å². The van der Waals surface area contributed by atoms with Crippen LogP contribution in [0.25, 0.3) is 0 Å². The molecule has 1 heterocycles. The zero-order valence-corrected chi connectivity index (χ0v) is 16.8. The second-order valence-electron chi connectivity index (χ2n) is 5.38. The maximum atomic E-state index is 12.6. The van der Waals surface area contributed by atoms with Gasteiger partial charge in [0.25, 0.3) is 0 Å². The van der Waals surface area contributed by atoms with E-state index >= 15 is 0 Å². The van der Waals surface area contributed by atoms with Gasteiger partial charge in [-0.25, -0.2) is 0 Å². The summed E-state index contributed by atoms with van der Waals surface area (Å²) in [5, 5.41) is 21.6. The van der Waals surface area contributed by atoms with Crippen molar-refractivity contribution in [2.24, 2.45) is 0 Å². The van der Waals surface area contributed by atoms with E-state index in [1.54, 1.807) is 23.1 Å². The highest BCUT2D eigenvalue weighted by atomic mass is 35.5. The van der Waals surface area contributed by atoms with Crippen molar-refractivity contribution in [3.63, 3.8) is 0 Å². The van der Waals surface area contributed by atoms with E-state index in [2.05, 4.69) is 28.5 Å². The van der Waals surface area contributed by atoms with Gasteiger partial charge in [-0.2, -0.15) is 5.26 Å². The maximum Gasteiger partial charge on any atom is 0.237 e. The number of carbonyl (C=O) groups excluding carboxylic acids is 1. The summed E-state index contributed by atoms with van der Waals surface area (Å²) < 4.78 is 0.740. The number of hydrogen-bond donors (Lipinski definition) is 1. The number of halogens is 1. The van der Waals surface area contributed by atoms with Crippen molar-refractivity contribution < 1.29 is 4.79 Å². The van der Waals surface area contributed by atoms with Crippen molar-refractivity contribution in [3.8, 4) is 6.07 Å². The molecule has 0 aliphatic rings. The Balaban J connectivity index is 1.95. The number of aromatic nitrogens is 2. The molecule has 0 fully saturated rings. The predicted molar refractivity (Wildman–Crippen MR) is 108 cm³/mol. The van der Waals surface area contributed by atoms with Crippen LogP contribution in [0.4, 0.5) is 10.8 Å². The first-order valence-corrected chi connectivity index (χ1v) is 10.4. The Morgan fingerprint density at radius 1 is 1.46 bits per heavy atom. The summed E-state index contributed by atoms with van der Waals surface area (Å²) in [5.41, 5.74) is 0.692. The fourth-order valence-corrected chi connectivity index (χ4v) is 3.95. The van der Waals surface area contributed by atoms with E-state index in [4.69, 9.17) is 16.9 Å². The van der Waals surface area contributed by atoms with Crippen LogP contribution in [-0.2, 0) is 4.79 Å². The lowest BCUT2D eigenvalue weighted by molar-refractivity contribution is -0.116. The lowest BCUT2D eigenvalue weighted by Gasteiger charge is -2.21. The quantitative estimate of drug-likeness (QED) is 0.461. The van der Waals surface area contributed by atoms with E-state index in [0.717, 1.165) is 28.9 Å². The van der Waals surface area contributed by atoms with E-state index in [0.29, 0.717) is 17.3 Å². The molecule has 0 unspecified atom stereocenters. The molecule has 2 rings (SSSR count). The standard InChI is InChI=1S/C17H20ClN5OS2/c1-2-3-9-20-16-21-22-17(26-16)25-12-15(24)23(10-5-8-19)14-7-4-6-13(18)11-14/h4,6-7,11H,2-3,5,9-10,12H2,1H3,(H,20,21). The minimum absolute atomic E-state index is 0.0943. The topological polar surface area (TPSA) is 81.9 Å². The van der Waals surface area contributed by atoms with Gasteiger partial charge in [0.15, 0.2) is 4.34 Å². The van der Waals surface area contributed by atoms with Gasteiger partial charge in [-0.05, 0) is 24.6 Å². The summed E-state index contributed by atoms with van der Waals surface area (Å²) in [6.45, 7) is 3.33. The lowest BCUT2D eigenvalue weighted by Crippen LogP contribution is -2.33. The van der Waals surface area contributed by atoms with Gasteiger partial charge < -0.3 is 10.2 Å². The van der Waals surface area contributed by atoms with Gasteiger partial charge in [-0.1, -0.05) is 54.1 Å². The SMILES string of the molecule is CCCCNc1nnc(SCC(=O)N(CCC#N)c2cccc(Cl)c2)s1. The molecule has 9 heteroatoms. The van der Waals surface area contributed by atoms with Crippen LogP contribution in [0, 0.1) is 11.3 Å². The van der Waals surface area contributed by atoms with E-state index in [1.165, 1.54) is 23.1 Å². The fraction of sp³-hybridized carbons (Fsp3) is 0.412. The largest absolute Gasteiger partial charge is 0.360 e. The minimum Gasteiger partial charge on any atom is -0.360 e. The number of unbranched alkanes of at least 4 members (excludes halogenated alkanes) is 1. The number of thioether (sulfide) groups is 1. The lowest BCUT2D eigenvalue weighted by atomic mass is 10.2. The molecular formula is C17H20ClN5OS2. The van der Waals surface area contributed by atoms with E-state index in [1.807, 2.05) is 6.07 Å². The molecule has 1 aromatic heterocycles. The molecule has 0 aliphatic heterocycles. The Labute approximate surface area is 166 Å². The van der Waals surface area contributed by atoms with Crippen LogP contribution >= 0.6 is 34.7 Å². The Hall–Kier alpha value is -1.82. The summed E-state index contributed by atoms with van der Waals surface area (Å²) >= 11 is 8.81. The predicted octanol–water partition coefficient (Wildman–Crippen LogP) is 4.44. The van der Waals surface area contributed by atoms with Crippen LogP contribution in [0.2, 0.25) is 5.02 Å². The van der Waals surface area contributed by atoms with Gasteiger partial charge in [0.1, 0.15) is 0 Å². The van der Waals surface area contributed by atoms with Gasteiger partial charge in [-0.15, -0.1) is 10.2 Å². The third-order valence-corrected chi connectivity index (χ3v) is 5.63. The van der Waals surface area contributed by atoms with Crippen LogP contribution in [0.1, 0.15) is 26.2 Å². The third kappa shape index (κ3) is 6.48. The molecule has 0 aliphatic carbocycles. The summed E-state index contributed by atoms with van der Waals surface area (Å²) in [6, 6.07) is 9.15. The Morgan fingerprint density at radius 2 is 2.31 bits per heavy atom. The minimum atomic E-state index is -0.0943. The molecule has 0 bridgehead atoms. The highest BCUT2D eigenvalue weighted by Crippen LogP contribution is 2.27. The molecule has 0 spiro atoms. The van der Waals surface area contributed by atoms with E-state index < -0.39 is 0 Å². The van der Waals surface area contributed by atoms with Crippen LogP contribution in [0.3, 0.4) is 0 Å². The van der Waals surface area contributed by atoms with Crippen LogP contribution < -0.4 is 10.2 Å². The fourth-order valence-electron chi connectivity index (χ4n) is 2.12. The zero-order valence-electron chi connectivity index (χ0n) is 14.4. The number of nitriles is 1. The number of nitrogens with zero attached hydrogens (tertiary/aromatic N) is 4. The average molecular weight is 410 g/mol. The Kier molecular flexibility index (Phi) is 8.68. The molecule has 1 aromatic carbocycles. The summed E-state index contributed by atoms with van der Waals surface area (Å²) in [5.74, 6) is 0.129.